The van der Waals surface area contributed by atoms with Crippen LogP contribution in [0.5, 0.6) is 0 Å². The number of rotatable bonds is 11. The summed E-state index contributed by atoms with van der Waals surface area (Å²) in [6, 6.07) is 0. The standard InChI is InChI=1S/C18H31ClN2O2/c1-14-15(2)21(23)16(3)17(18(14)22)12-10-8-6-4-5-7-9-11-13-20-19/h20,23H,4-13H2,1-3H3. The molecule has 0 fully saturated rings. The van der Waals surface area contributed by atoms with Gasteiger partial charge in [0.1, 0.15) is 0 Å². The first kappa shape index (κ1) is 20.0. The van der Waals surface area contributed by atoms with Crippen LogP contribution in [0.2, 0.25) is 0 Å². The molecule has 0 unspecified atom stereocenters. The molecule has 0 aliphatic rings. The van der Waals surface area contributed by atoms with Crippen LogP contribution in [0.4, 0.5) is 0 Å². The van der Waals surface area contributed by atoms with Gasteiger partial charge in [0.2, 0.25) is 0 Å². The Kier molecular flexibility index (Phi) is 9.34. The molecule has 2 N–H and O–H groups in total. The van der Waals surface area contributed by atoms with Crippen molar-refractivity contribution in [3.8, 4) is 0 Å². The van der Waals surface area contributed by atoms with Gasteiger partial charge in [-0.05, 0) is 51.8 Å². The molecule has 0 bridgehead atoms. The summed E-state index contributed by atoms with van der Waals surface area (Å²) >= 11 is 5.41. The van der Waals surface area contributed by atoms with Crippen molar-refractivity contribution in [3.05, 3.63) is 32.7 Å². The highest BCUT2D eigenvalue weighted by Gasteiger charge is 2.13. The minimum absolute atomic E-state index is 0.0956. The van der Waals surface area contributed by atoms with Gasteiger partial charge >= 0.3 is 0 Å². The molecule has 0 spiro atoms. The average Bonchev–Trinajstić information content (AvgIpc) is 2.55. The lowest BCUT2D eigenvalue weighted by molar-refractivity contribution is 0.169. The second-order valence-electron chi connectivity index (χ2n) is 6.38. The minimum Gasteiger partial charge on any atom is -0.428 e. The maximum Gasteiger partial charge on any atom is 0.188 e. The van der Waals surface area contributed by atoms with Crippen molar-refractivity contribution in [3.63, 3.8) is 0 Å². The summed E-state index contributed by atoms with van der Waals surface area (Å²) in [5.74, 6) is 0. The average molecular weight is 343 g/mol. The minimum atomic E-state index is 0.0956. The van der Waals surface area contributed by atoms with E-state index in [1.807, 2.05) is 6.92 Å². The Hall–Kier alpha value is -1.00. The summed E-state index contributed by atoms with van der Waals surface area (Å²) in [4.78, 5) is 15.0. The number of unbranched alkanes of at least 4 members (excludes halogenated alkanes) is 7. The molecule has 4 nitrogen and oxygen atoms in total. The first-order chi connectivity index (χ1) is 11.0. The van der Waals surface area contributed by atoms with Crippen molar-refractivity contribution in [1.82, 2.24) is 9.57 Å². The Morgan fingerprint density at radius 2 is 1.43 bits per heavy atom. The van der Waals surface area contributed by atoms with Crippen LogP contribution in [0.1, 0.15) is 73.9 Å². The smallest absolute Gasteiger partial charge is 0.188 e. The zero-order valence-electron chi connectivity index (χ0n) is 14.8. The Morgan fingerprint density at radius 1 is 0.913 bits per heavy atom. The van der Waals surface area contributed by atoms with E-state index in [1.165, 1.54) is 32.1 Å². The second-order valence-corrected chi connectivity index (χ2v) is 6.64. The highest BCUT2D eigenvalue weighted by molar-refractivity contribution is 6.13. The Bertz CT molecular complexity index is 541. The molecular formula is C18H31ClN2O2. The second kappa shape index (κ2) is 10.7. The van der Waals surface area contributed by atoms with E-state index in [9.17, 15) is 10.0 Å². The van der Waals surface area contributed by atoms with Crippen LogP contribution in [0.15, 0.2) is 4.79 Å². The molecule has 1 rings (SSSR count). The number of hydrogen-bond donors (Lipinski definition) is 2. The Morgan fingerprint density at radius 3 is 2.00 bits per heavy atom. The van der Waals surface area contributed by atoms with Crippen molar-refractivity contribution in [2.75, 3.05) is 6.54 Å². The van der Waals surface area contributed by atoms with Crippen molar-refractivity contribution >= 4 is 11.8 Å². The Labute approximate surface area is 144 Å². The van der Waals surface area contributed by atoms with E-state index in [-0.39, 0.29) is 5.43 Å². The highest BCUT2D eigenvalue weighted by atomic mass is 35.5. The van der Waals surface area contributed by atoms with Gasteiger partial charge < -0.3 is 5.21 Å². The third kappa shape index (κ3) is 6.19. The maximum atomic E-state index is 12.3. The van der Waals surface area contributed by atoms with E-state index in [1.54, 1.807) is 13.8 Å². The van der Waals surface area contributed by atoms with Gasteiger partial charge in [0.05, 0.1) is 11.4 Å². The van der Waals surface area contributed by atoms with Crippen molar-refractivity contribution in [2.24, 2.45) is 0 Å². The van der Waals surface area contributed by atoms with Crippen molar-refractivity contribution in [1.29, 1.82) is 0 Å². The summed E-state index contributed by atoms with van der Waals surface area (Å²) in [7, 11) is 0. The molecule has 1 heterocycles. The summed E-state index contributed by atoms with van der Waals surface area (Å²) in [5, 5.41) is 10.0. The van der Waals surface area contributed by atoms with Crippen LogP contribution in [0.25, 0.3) is 0 Å². The largest absolute Gasteiger partial charge is 0.428 e. The van der Waals surface area contributed by atoms with E-state index in [0.29, 0.717) is 17.0 Å². The van der Waals surface area contributed by atoms with E-state index < -0.39 is 0 Å². The number of halogens is 1. The fourth-order valence-electron chi connectivity index (χ4n) is 2.94. The van der Waals surface area contributed by atoms with Crippen LogP contribution in [-0.4, -0.2) is 16.5 Å². The lowest BCUT2D eigenvalue weighted by Gasteiger charge is -2.14. The third-order valence-corrected chi connectivity index (χ3v) is 4.87. The van der Waals surface area contributed by atoms with Gasteiger partial charge in [-0.3, -0.25) is 4.79 Å². The van der Waals surface area contributed by atoms with Crippen LogP contribution in [-0.2, 0) is 6.42 Å². The molecular weight excluding hydrogens is 312 g/mol. The first-order valence-corrected chi connectivity index (χ1v) is 9.13. The highest BCUT2D eigenvalue weighted by Crippen LogP contribution is 2.14. The lowest BCUT2D eigenvalue weighted by Crippen LogP contribution is -2.22. The number of nitrogens with zero attached hydrogens (tertiary/aromatic N) is 1. The Balaban J connectivity index is 2.28. The number of aromatic nitrogens is 1. The molecule has 0 aliphatic carbocycles. The van der Waals surface area contributed by atoms with Crippen molar-refractivity contribution < 1.29 is 5.21 Å². The molecule has 0 saturated heterocycles. The van der Waals surface area contributed by atoms with Gasteiger partial charge in [-0.2, -0.15) is 4.73 Å². The monoisotopic (exact) mass is 342 g/mol. The van der Waals surface area contributed by atoms with Gasteiger partial charge in [-0.15, -0.1) is 0 Å². The predicted octanol–water partition coefficient (Wildman–Crippen LogP) is 4.42. The number of nitrogens with one attached hydrogen (secondary N) is 1. The predicted molar refractivity (Wildman–Crippen MR) is 96.6 cm³/mol. The molecule has 0 atom stereocenters. The van der Waals surface area contributed by atoms with Crippen LogP contribution in [0, 0.1) is 20.8 Å². The van der Waals surface area contributed by atoms with E-state index >= 15 is 0 Å². The van der Waals surface area contributed by atoms with Gasteiger partial charge in [-0.25, -0.2) is 4.84 Å². The number of pyridine rings is 1. The zero-order valence-corrected chi connectivity index (χ0v) is 15.5. The SMILES string of the molecule is Cc1c(C)n(O)c(C)c(CCCCCCCCCCNCl)c1=O. The van der Waals surface area contributed by atoms with Gasteiger partial charge in [0.15, 0.2) is 5.43 Å². The summed E-state index contributed by atoms with van der Waals surface area (Å²) in [6.07, 6.45) is 10.3. The molecule has 5 heteroatoms. The fraction of sp³-hybridized carbons (Fsp3) is 0.722. The van der Waals surface area contributed by atoms with E-state index in [2.05, 4.69) is 4.84 Å². The summed E-state index contributed by atoms with van der Waals surface area (Å²) < 4.78 is 1.15. The normalized spacial score (nSPS) is 11.1. The van der Waals surface area contributed by atoms with Crippen LogP contribution >= 0.6 is 11.8 Å². The molecule has 0 aliphatic heterocycles. The molecule has 1 aromatic heterocycles. The molecule has 132 valence electrons. The third-order valence-electron chi connectivity index (χ3n) is 4.68. The molecule has 23 heavy (non-hydrogen) atoms. The van der Waals surface area contributed by atoms with Crippen molar-refractivity contribution in [2.45, 2.75) is 78.6 Å². The summed E-state index contributed by atoms with van der Waals surface area (Å²) in [5.41, 5.74) is 2.84. The van der Waals surface area contributed by atoms with Crippen LogP contribution in [0.3, 0.4) is 0 Å². The molecule has 0 aromatic carbocycles. The first-order valence-electron chi connectivity index (χ1n) is 8.75. The lowest BCUT2D eigenvalue weighted by atomic mass is 10.0. The van der Waals surface area contributed by atoms with E-state index in [0.717, 1.165) is 42.5 Å². The maximum absolute atomic E-state index is 12.3. The zero-order chi connectivity index (χ0) is 17.2. The van der Waals surface area contributed by atoms with Gasteiger partial charge in [0.25, 0.3) is 0 Å². The quantitative estimate of drug-likeness (QED) is 0.355. The molecule has 0 radical (unpaired) electrons. The van der Waals surface area contributed by atoms with E-state index in [4.69, 9.17) is 11.8 Å². The van der Waals surface area contributed by atoms with Gasteiger partial charge in [-0.1, -0.05) is 38.5 Å². The van der Waals surface area contributed by atoms with Gasteiger partial charge in [0, 0.05) is 17.7 Å². The topological polar surface area (TPSA) is 54.3 Å². The molecule has 1 aromatic rings. The van der Waals surface area contributed by atoms with Crippen LogP contribution < -0.4 is 10.3 Å². The summed E-state index contributed by atoms with van der Waals surface area (Å²) in [6.45, 7) is 6.27. The fourth-order valence-corrected chi connectivity index (χ4v) is 3.08. The molecule has 0 saturated carbocycles. The molecule has 0 amide bonds. The number of hydrogen-bond acceptors (Lipinski definition) is 3.